The van der Waals surface area contributed by atoms with Crippen LogP contribution >= 0.6 is 11.6 Å². The second-order valence-electron chi connectivity index (χ2n) is 37.5. The van der Waals surface area contributed by atoms with E-state index in [1.165, 1.54) is 16.6 Å². The summed E-state index contributed by atoms with van der Waals surface area (Å²) in [6.07, 6.45) is 24.4. The van der Waals surface area contributed by atoms with Crippen LogP contribution in [0.5, 0.6) is 5.75 Å². The lowest BCUT2D eigenvalue weighted by Crippen LogP contribution is -2.52. The molecule has 0 aliphatic rings. The first-order valence-corrected chi connectivity index (χ1v) is 44.7. The number of halogens is 1. The zero-order valence-corrected chi connectivity index (χ0v) is 78.1. The summed E-state index contributed by atoms with van der Waals surface area (Å²) in [5.74, 6) is 6.07. The van der Waals surface area contributed by atoms with Crippen molar-refractivity contribution in [1.82, 2.24) is 132 Å². The van der Waals surface area contributed by atoms with E-state index in [0.717, 1.165) is 146 Å². The predicted molar refractivity (Wildman–Crippen MR) is 524 cm³/mol. The van der Waals surface area contributed by atoms with Crippen molar-refractivity contribution in [3.63, 3.8) is 0 Å². The van der Waals surface area contributed by atoms with Crippen LogP contribution in [0.2, 0.25) is 5.02 Å². The molecule has 33 heteroatoms. The number of nitrogens with one attached hydrogen (secondary N) is 2. The number of aromatic nitrogens is 27. The Labute approximate surface area is 777 Å². The molecule has 12 aromatic heterocycles. The highest BCUT2D eigenvalue weighted by Gasteiger charge is 2.34. The summed E-state index contributed by atoms with van der Waals surface area (Å²) in [7, 11) is 1.66. The number of hydrogen-bond acceptors (Lipinski definition) is 24. The maximum atomic E-state index is 6.99. The average Bonchev–Trinajstić information content (AvgIpc) is 1.60. The van der Waals surface area contributed by atoms with Gasteiger partial charge in [-0.1, -0.05) is 104 Å². The van der Waals surface area contributed by atoms with Gasteiger partial charge in [-0.25, -0.2) is 99.7 Å². The molecule has 12 heterocycles. The molecule has 0 amide bonds. The Balaban J connectivity index is 0.706. The lowest BCUT2D eigenvalue weighted by Gasteiger charge is -2.33. The van der Waals surface area contributed by atoms with E-state index in [0.29, 0.717) is 57.3 Å². The van der Waals surface area contributed by atoms with E-state index in [9.17, 15) is 0 Å². The minimum atomic E-state index is -0.443. The van der Waals surface area contributed by atoms with Gasteiger partial charge >= 0.3 is 0 Å². The molecule has 2 N–H and O–H groups in total. The maximum absolute atomic E-state index is 6.99. The highest BCUT2D eigenvalue weighted by molar-refractivity contribution is 6.33. The Morgan fingerprint density at radius 1 is 0.396 bits per heavy atom. The molecule has 0 fully saturated rings. The second-order valence-corrected chi connectivity index (χ2v) is 37.9. The fourth-order valence-electron chi connectivity index (χ4n) is 17.6. The molecule has 0 aliphatic carbocycles. The van der Waals surface area contributed by atoms with Crippen molar-refractivity contribution in [2.24, 2.45) is 5.92 Å². The fraction of sp³-hybridized carbons (Fsp3) is 0.238. The summed E-state index contributed by atoms with van der Waals surface area (Å²) in [5.41, 5.74) is 26.1. The molecule has 0 saturated heterocycles. The topological polar surface area (TPSA) is 324 Å². The molecule has 0 unspecified atom stereocenters. The molecule has 0 spiro atoms. The minimum absolute atomic E-state index is 0.0915. The van der Waals surface area contributed by atoms with Crippen molar-refractivity contribution in [2.45, 2.75) is 146 Å². The van der Waals surface area contributed by atoms with Crippen molar-refractivity contribution in [3.05, 3.63) is 256 Å². The summed E-state index contributed by atoms with van der Waals surface area (Å²) in [4.78, 5) is 76.2. The van der Waals surface area contributed by atoms with Gasteiger partial charge in [-0.15, -0.1) is 10.2 Å². The van der Waals surface area contributed by atoms with Gasteiger partial charge in [0.1, 0.15) is 60.2 Å². The standard InChI is InChI=1S/C101H98ClN31O/c1-18-125-89(113-58-116-125)74-26-21-22-27-75(74)91-119-80-40-62(30-35-85(80)128(91)99(8,9)10)66-45-104-94(105-46-66)122-132(96-108-49-68(50-109-96)64-32-36-84-79(42-64)118-90(127(84)98(5,6)7)73-25-20-19-24-72(73)70-53-114-124(55-70)54-60(2)3)133(123-95-106-47-67(48-107-95)63-31-37-86-81(41-63)120-92(129(86)100(11,12)13)76-28-23-29-78(102)88(76)126-59-103-56-115-126)97-110-51-69(52-111-97)65-33-38-87-82(43-65)121-93(130(87)101(14,15)16)77-44-71(134-17)34-39-83(77)131-61(4)112-57-117-131/h19-53,55-60H,18,54H2,1-17H3,(H,104,105,122)(H,106,107,123). The van der Waals surface area contributed by atoms with Gasteiger partial charge in [-0.3, -0.25) is 4.68 Å². The molecule has 0 saturated carbocycles. The Morgan fingerprint density at radius 3 is 1.23 bits per heavy atom. The van der Waals surface area contributed by atoms with Gasteiger partial charge in [0.25, 0.3) is 11.9 Å². The van der Waals surface area contributed by atoms with Crippen LogP contribution in [0.4, 0.5) is 23.8 Å². The largest absolute Gasteiger partial charge is 0.497 e. The van der Waals surface area contributed by atoms with E-state index in [-0.39, 0.29) is 34.9 Å². The second kappa shape index (κ2) is 33.7. The third kappa shape index (κ3) is 16.0. The fourth-order valence-corrected chi connectivity index (χ4v) is 17.8. The Hall–Kier alpha value is -16.1. The van der Waals surface area contributed by atoms with E-state index < -0.39 is 11.1 Å². The monoisotopic (exact) mass is 1800 g/mol. The van der Waals surface area contributed by atoms with Gasteiger partial charge in [0.15, 0.2) is 5.82 Å². The number of imidazole rings is 4. The van der Waals surface area contributed by atoms with Crippen LogP contribution in [0.25, 0.3) is 168 Å². The normalized spacial score (nSPS) is 12.2. The van der Waals surface area contributed by atoms with Crippen molar-refractivity contribution in [3.8, 4) is 130 Å². The van der Waals surface area contributed by atoms with Crippen molar-refractivity contribution in [1.29, 1.82) is 0 Å². The van der Waals surface area contributed by atoms with E-state index >= 15 is 0 Å². The quantitative estimate of drug-likeness (QED) is 0.0562. The molecule has 0 bridgehead atoms. The number of rotatable bonds is 23. The highest BCUT2D eigenvalue weighted by atomic mass is 35.5. The summed E-state index contributed by atoms with van der Waals surface area (Å²) >= 11 is 6.99. The summed E-state index contributed by atoms with van der Waals surface area (Å²) in [6.45, 7) is 35.9. The van der Waals surface area contributed by atoms with Gasteiger partial charge in [-0.05, 0) is 210 Å². The molecule has 0 aliphatic heterocycles. The number of anilines is 4. The molecule has 0 atom stereocenters. The molecule has 20 aromatic rings. The number of aryl methyl sites for hydroxylation is 2. The summed E-state index contributed by atoms with van der Waals surface area (Å²) in [6, 6.07) is 53.1. The van der Waals surface area contributed by atoms with Gasteiger partial charge in [0.05, 0.1) is 73.8 Å². The molecule has 0 radical (unpaired) electrons. The molecule has 8 aromatic carbocycles. The number of ether oxygens (including phenoxy) is 1. The molecular weight excluding hydrogens is 1700 g/mol. The molecule has 32 nitrogen and oxygen atoms in total. The number of para-hydroxylation sites is 1. The van der Waals surface area contributed by atoms with Gasteiger partial charge in [0, 0.05) is 147 Å². The van der Waals surface area contributed by atoms with Crippen molar-refractivity contribution in [2.75, 3.05) is 28.2 Å². The minimum Gasteiger partial charge on any atom is -0.497 e. The Bertz CT molecular complexity index is 7800. The number of hydrazine groups is 3. The van der Waals surface area contributed by atoms with Crippen molar-refractivity contribution >= 4 is 79.5 Å². The number of hydrogen-bond donors (Lipinski definition) is 2. The van der Waals surface area contributed by atoms with Crippen LogP contribution in [0.3, 0.4) is 0 Å². The lowest BCUT2D eigenvalue weighted by atomic mass is 10.0. The van der Waals surface area contributed by atoms with E-state index in [1.54, 1.807) is 80.3 Å². The molecular formula is C101H98ClN31O. The summed E-state index contributed by atoms with van der Waals surface area (Å²) in [5, 5.41) is 22.0. The van der Waals surface area contributed by atoms with E-state index in [2.05, 4.69) is 255 Å². The highest BCUT2D eigenvalue weighted by Crippen LogP contribution is 2.45. The predicted octanol–water partition coefficient (Wildman–Crippen LogP) is 20.8. The van der Waals surface area contributed by atoms with Crippen LogP contribution in [0.1, 0.15) is 110 Å². The van der Waals surface area contributed by atoms with Crippen LogP contribution in [0.15, 0.2) is 245 Å². The van der Waals surface area contributed by atoms with Crippen LogP contribution in [0, 0.1) is 12.8 Å². The first kappa shape index (κ1) is 85.9. The van der Waals surface area contributed by atoms with Crippen LogP contribution in [-0.4, -0.2) is 139 Å². The molecule has 134 heavy (non-hydrogen) atoms. The summed E-state index contributed by atoms with van der Waals surface area (Å²) < 4.78 is 22.3. The first-order chi connectivity index (χ1) is 64.5. The Kier molecular flexibility index (Phi) is 21.6. The van der Waals surface area contributed by atoms with Crippen LogP contribution in [-0.2, 0) is 35.2 Å². The molecule has 20 rings (SSSR count). The zero-order valence-electron chi connectivity index (χ0n) is 77.3. The SMILES string of the molecule is CCn1ncnc1-c1ccccc1-c1nc2cc(-c3cnc(NN(c4ncc(-c5ccc6c(c5)nc(-c5ccccc5-c5cnn(CC(C)C)c5)n6C(C)(C)C)cn4)N(Nc4ncc(-c5ccc6c(c5)nc(-c5cccc(Cl)c5-n5cncn5)n6C(C)(C)C)cn4)c4ncc(-c5ccc6c(c5)nc(-c5cc(OC)ccc5-n5ncnc5C)n6C(C)(C)C)cn4)nc3)ccc2n1C(C)(C)C. The van der Waals surface area contributed by atoms with E-state index in [4.69, 9.17) is 86.2 Å². The number of methoxy groups -OCH3 is 1. The lowest BCUT2D eigenvalue weighted by molar-refractivity contribution is 0.410. The van der Waals surface area contributed by atoms with Gasteiger partial charge < -0.3 is 23.0 Å². The Morgan fingerprint density at radius 2 is 0.813 bits per heavy atom. The third-order valence-corrected chi connectivity index (χ3v) is 23.8. The molecule has 670 valence electrons. The van der Waals surface area contributed by atoms with Crippen molar-refractivity contribution < 1.29 is 4.74 Å². The maximum Gasteiger partial charge on any atom is 0.266 e. The van der Waals surface area contributed by atoms with Gasteiger partial charge in [0.2, 0.25) is 11.9 Å². The smallest absolute Gasteiger partial charge is 0.266 e. The zero-order chi connectivity index (χ0) is 93.0. The number of nitrogens with zero attached hydrogens (tertiary/aromatic N) is 29. The first-order valence-electron chi connectivity index (χ1n) is 44.3. The number of fused-ring (bicyclic) bond motifs is 4. The van der Waals surface area contributed by atoms with Gasteiger partial charge in [-0.2, -0.15) is 20.4 Å². The third-order valence-electron chi connectivity index (χ3n) is 23.5. The number of benzene rings is 8. The van der Waals surface area contributed by atoms with Crippen LogP contribution < -0.4 is 25.8 Å². The average molecular weight is 1800 g/mol. The van der Waals surface area contributed by atoms with E-state index in [1.807, 2.05) is 93.9 Å².